The number of nitrogens with zero attached hydrogens (tertiary/aromatic N) is 1. The number of hydrogen-bond acceptors (Lipinski definition) is 3. The topological polar surface area (TPSA) is 74.9 Å². The molecular formula is C10H17N3O. The average molecular weight is 195 g/mol. The molecule has 1 fully saturated rings. The van der Waals surface area contributed by atoms with E-state index < -0.39 is 6.10 Å². The van der Waals surface area contributed by atoms with E-state index in [-0.39, 0.29) is 6.04 Å². The van der Waals surface area contributed by atoms with Gasteiger partial charge in [-0.25, -0.2) is 4.98 Å². The van der Waals surface area contributed by atoms with Crippen LogP contribution in [0, 0.1) is 5.92 Å². The Bertz CT molecular complexity index is 267. The minimum absolute atomic E-state index is 0.177. The summed E-state index contributed by atoms with van der Waals surface area (Å²) < 4.78 is 0. The summed E-state index contributed by atoms with van der Waals surface area (Å²) in [6.45, 7) is 0. The van der Waals surface area contributed by atoms with Crippen LogP contribution in [0.25, 0.3) is 0 Å². The van der Waals surface area contributed by atoms with Gasteiger partial charge in [0.1, 0.15) is 11.9 Å². The SMILES string of the molecule is NC(C1CCCC1)C(O)c1ncc[nH]1. The zero-order valence-electron chi connectivity index (χ0n) is 8.19. The fraction of sp³-hybridized carbons (Fsp3) is 0.700. The van der Waals surface area contributed by atoms with Crippen LogP contribution in [0.15, 0.2) is 12.4 Å². The number of nitrogens with one attached hydrogen (secondary N) is 1. The third-order valence-electron chi connectivity index (χ3n) is 3.11. The van der Waals surface area contributed by atoms with Gasteiger partial charge in [0.25, 0.3) is 0 Å². The predicted octanol–water partition coefficient (Wildman–Crippen LogP) is 0.961. The summed E-state index contributed by atoms with van der Waals surface area (Å²) in [4.78, 5) is 6.92. The summed E-state index contributed by atoms with van der Waals surface area (Å²) in [6, 6.07) is -0.177. The van der Waals surface area contributed by atoms with Crippen LogP contribution in [-0.4, -0.2) is 21.1 Å². The molecule has 1 aromatic heterocycles. The number of aliphatic hydroxyl groups excluding tert-OH is 1. The minimum Gasteiger partial charge on any atom is -0.384 e. The van der Waals surface area contributed by atoms with Crippen LogP contribution in [0.4, 0.5) is 0 Å². The Balaban J connectivity index is 2.00. The first-order valence-corrected chi connectivity index (χ1v) is 5.22. The number of rotatable bonds is 3. The van der Waals surface area contributed by atoms with Crippen molar-refractivity contribution in [3.63, 3.8) is 0 Å². The number of aliphatic hydroxyl groups is 1. The van der Waals surface area contributed by atoms with Crippen molar-refractivity contribution in [3.8, 4) is 0 Å². The summed E-state index contributed by atoms with van der Waals surface area (Å²) in [5.74, 6) is 1.04. The Morgan fingerprint density at radius 2 is 2.21 bits per heavy atom. The van der Waals surface area contributed by atoms with Crippen molar-refractivity contribution in [2.45, 2.75) is 37.8 Å². The predicted molar refractivity (Wildman–Crippen MR) is 53.5 cm³/mol. The number of nitrogens with two attached hydrogens (primary N) is 1. The van der Waals surface area contributed by atoms with Gasteiger partial charge in [0.2, 0.25) is 0 Å². The molecule has 0 aromatic carbocycles. The van der Waals surface area contributed by atoms with E-state index in [1.165, 1.54) is 12.8 Å². The lowest BCUT2D eigenvalue weighted by atomic mass is 9.94. The number of hydrogen-bond donors (Lipinski definition) is 3. The number of aromatic nitrogens is 2. The monoisotopic (exact) mass is 195 g/mol. The van der Waals surface area contributed by atoms with Crippen LogP contribution in [0.2, 0.25) is 0 Å². The molecule has 14 heavy (non-hydrogen) atoms. The lowest BCUT2D eigenvalue weighted by Gasteiger charge is -2.22. The van der Waals surface area contributed by atoms with Gasteiger partial charge in [0, 0.05) is 18.4 Å². The Morgan fingerprint density at radius 3 is 2.79 bits per heavy atom. The van der Waals surface area contributed by atoms with Crippen molar-refractivity contribution in [1.29, 1.82) is 0 Å². The third kappa shape index (κ3) is 1.81. The second kappa shape index (κ2) is 4.11. The first-order valence-electron chi connectivity index (χ1n) is 5.22. The molecule has 1 aromatic rings. The molecule has 1 saturated carbocycles. The third-order valence-corrected chi connectivity index (χ3v) is 3.11. The van der Waals surface area contributed by atoms with Crippen LogP contribution in [-0.2, 0) is 0 Å². The van der Waals surface area contributed by atoms with Gasteiger partial charge in [-0.15, -0.1) is 0 Å². The van der Waals surface area contributed by atoms with E-state index in [0.29, 0.717) is 11.7 Å². The molecule has 0 saturated heterocycles. The van der Waals surface area contributed by atoms with E-state index in [9.17, 15) is 5.11 Å². The quantitative estimate of drug-likeness (QED) is 0.672. The second-order valence-electron chi connectivity index (χ2n) is 4.04. The van der Waals surface area contributed by atoms with Crippen molar-refractivity contribution in [1.82, 2.24) is 9.97 Å². The van der Waals surface area contributed by atoms with Gasteiger partial charge >= 0.3 is 0 Å². The van der Waals surface area contributed by atoms with E-state index in [4.69, 9.17) is 5.73 Å². The maximum absolute atomic E-state index is 9.92. The molecule has 1 aliphatic rings. The van der Waals surface area contributed by atoms with Gasteiger partial charge in [-0.05, 0) is 18.8 Å². The molecule has 0 radical (unpaired) electrons. The molecule has 2 atom stereocenters. The van der Waals surface area contributed by atoms with Crippen LogP contribution in [0.1, 0.15) is 37.6 Å². The van der Waals surface area contributed by atoms with Gasteiger partial charge in [0.05, 0.1) is 0 Å². The van der Waals surface area contributed by atoms with E-state index in [2.05, 4.69) is 9.97 Å². The maximum atomic E-state index is 9.92. The molecule has 1 aliphatic carbocycles. The normalized spacial score (nSPS) is 22.4. The van der Waals surface area contributed by atoms with Crippen LogP contribution in [0.5, 0.6) is 0 Å². The minimum atomic E-state index is -0.645. The Morgan fingerprint density at radius 1 is 1.50 bits per heavy atom. The van der Waals surface area contributed by atoms with Gasteiger partial charge in [-0.2, -0.15) is 0 Å². The van der Waals surface area contributed by atoms with Crippen LogP contribution in [0.3, 0.4) is 0 Å². The standard InChI is InChI=1S/C10H17N3O/c11-8(7-3-1-2-4-7)9(14)10-12-5-6-13-10/h5-9,14H,1-4,11H2,(H,12,13). The molecule has 2 unspecified atom stereocenters. The molecule has 2 rings (SSSR count). The summed E-state index contributed by atoms with van der Waals surface area (Å²) in [7, 11) is 0. The molecule has 0 aliphatic heterocycles. The summed E-state index contributed by atoms with van der Waals surface area (Å²) in [6.07, 6.45) is 7.46. The fourth-order valence-electron chi connectivity index (χ4n) is 2.22. The summed E-state index contributed by atoms with van der Waals surface area (Å²) >= 11 is 0. The van der Waals surface area contributed by atoms with E-state index in [1.807, 2.05) is 0 Å². The number of H-pyrrole nitrogens is 1. The van der Waals surface area contributed by atoms with Crippen LogP contribution < -0.4 is 5.73 Å². The molecule has 4 nitrogen and oxygen atoms in total. The first-order chi connectivity index (χ1) is 6.79. The van der Waals surface area contributed by atoms with Crippen molar-refractivity contribution < 1.29 is 5.11 Å². The lowest BCUT2D eigenvalue weighted by molar-refractivity contribution is 0.111. The van der Waals surface area contributed by atoms with E-state index in [0.717, 1.165) is 12.8 Å². The Kier molecular flexibility index (Phi) is 2.84. The second-order valence-corrected chi connectivity index (χ2v) is 4.04. The molecule has 4 heteroatoms. The lowest BCUT2D eigenvalue weighted by Crippen LogP contribution is -2.35. The van der Waals surface area contributed by atoms with Crippen molar-refractivity contribution >= 4 is 0 Å². The highest BCUT2D eigenvalue weighted by Gasteiger charge is 2.29. The van der Waals surface area contributed by atoms with Crippen molar-refractivity contribution in [2.75, 3.05) is 0 Å². The average Bonchev–Trinajstić information content (AvgIpc) is 2.87. The molecule has 1 heterocycles. The molecule has 0 spiro atoms. The maximum Gasteiger partial charge on any atom is 0.136 e. The molecule has 4 N–H and O–H groups in total. The smallest absolute Gasteiger partial charge is 0.136 e. The largest absolute Gasteiger partial charge is 0.384 e. The highest BCUT2D eigenvalue weighted by molar-refractivity contribution is 4.98. The van der Waals surface area contributed by atoms with Gasteiger partial charge in [0.15, 0.2) is 0 Å². The number of imidazole rings is 1. The summed E-state index contributed by atoms with van der Waals surface area (Å²) in [5, 5.41) is 9.92. The Hall–Kier alpha value is -0.870. The Labute approximate surface area is 83.5 Å². The van der Waals surface area contributed by atoms with Gasteiger partial charge in [-0.1, -0.05) is 12.8 Å². The van der Waals surface area contributed by atoms with Gasteiger partial charge in [-0.3, -0.25) is 0 Å². The van der Waals surface area contributed by atoms with Gasteiger partial charge < -0.3 is 15.8 Å². The molecule has 78 valence electrons. The van der Waals surface area contributed by atoms with E-state index in [1.54, 1.807) is 12.4 Å². The van der Waals surface area contributed by atoms with Crippen molar-refractivity contribution in [3.05, 3.63) is 18.2 Å². The fourth-order valence-corrected chi connectivity index (χ4v) is 2.22. The first kappa shape index (κ1) is 9.68. The van der Waals surface area contributed by atoms with Crippen LogP contribution >= 0.6 is 0 Å². The van der Waals surface area contributed by atoms with E-state index >= 15 is 0 Å². The highest BCUT2D eigenvalue weighted by atomic mass is 16.3. The zero-order chi connectivity index (χ0) is 9.97. The molecule has 0 bridgehead atoms. The molecular weight excluding hydrogens is 178 g/mol. The molecule has 0 amide bonds. The zero-order valence-corrected chi connectivity index (χ0v) is 8.19. The number of aromatic amines is 1. The summed E-state index contributed by atoms with van der Waals surface area (Å²) in [5.41, 5.74) is 6.00. The van der Waals surface area contributed by atoms with Crippen molar-refractivity contribution in [2.24, 2.45) is 11.7 Å². The highest BCUT2D eigenvalue weighted by Crippen LogP contribution is 2.31.